The number of urea groups is 1. The van der Waals surface area contributed by atoms with Gasteiger partial charge in [0.15, 0.2) is 0 Å². The number of hydrazine groups is 1. The van der Waals surface area contributed by atoms with Crippen molar-refractivity contribution in [2.45, 2.75) is 71.1 Å². The standard InChI is InChI=1S/C26H39N5O5/c1-4-6-10-19(5-2)16-29-17-22-30(21(25(29)35)13-14-24(33)34)23(32)18-28(3)31(22)26(36)27-15-20-11-8-7-9-12-20/h7-9,11-12,19,21-22H,4-6,10,13-18H2,1-3H3,(H,27,36)(H,33,34)/t19?,21-,22-/m0/s1. The van der Waals surface area contributed by atoms with Gasteiger partial charge in [0.2, 0.25) is 11.8 Å². The number of piperazine rings is 1. The number of hydrogen-bond donors (Lipinski definition) is 2. The van der Waals surface area contributed by atoms with E-state index >= 15 is 0 Å². The van der Waals surface area contributed by atoms with Crippen LogP contribution < -0.4 is 5.32 Å². The SMILES string of the molecule is CCCCC(CC)CN1C[C@H]2N(C(=O)CN(C)N2C(=O)NCc2ccccc2)[C@@H](CCC(=O)O)C1=O. The molecular formula is C26H39N5O5. The Morgan fingerprint density at radius 2 is 1.89 bits per heavy atom. The number of aliphatic carboxylic acids is 1. The summed E-state index contributed by atoms with van der Waals surface area (Å²) in [4.78, 5) is 54.5. The van der Waals surface area contributed by atoms with E-state index in [1.807, 2.05) is 30.3 Å². The van der Waals surface area contributed by atoms with Crippen LogP contribution in [-0.4, -0.2) is 87.6 Å². The van der Waals surface area contributed by atoms with Crippen LogP contribution in [0.5, 0.6) is 0 Å². The maximum atomic E-state index is 13.5. The Hall–Kier alpha value is -3.14. The molecule has 4 amide bonds. The van der Waals surface area contributed by atoms with Crippen molar-refractivity contribution in [1.82, 2.24) is 25.1 Å². The molecule has 198 valence electrons. The Morgan fingerprint density at radius 1 is 1.17 bits per heavy atom. The van der Waals surface area contributed by atoms with E-state index < -0.39 is 18.2 Å². The van der Waals surface area contributed by atoms with Crippen LogP contribution in [-0.2, 0) is 20.9 Å². The van der Waals surface area contributed by atoms with Gasteiger partial charge in [0.1, 0.15) is 12.2 Å². The number of carboxylic acid groups (broad SMARTS) is 1. The smallest absolute Gasteiger partial charge is 0.334 e. The summed E-state index contributed by atoms with van der Waals surface area (Å²) in [7, 11) is 1.68. The van der Waals surface area contributed by atoms with Gasteiger partial charge in [-0.15, -0.1) is 0 Å². The third kappa shape index (κ3) is 6.54. The molecule has 2 aliphatic rings. The number of benzene rings is 1. The molecular weight excluding hydrogens is 462 g/mol. The van der Waals surface area contributed by atoms with E-state index in [-0.39, 0.29) is 43.8 Å². The van der Waals surface area contributed by atoms with Crippen molar-refractivity contribution in [3.05, 3.63) is 35.9 Å². The van der Waals surface area contributed by atoms with Crippen molar-refractivity contribution in [3.63, 3.8) is 0 Å². The van der Waals surface area contributed by atoms with Gasteiger partial charge in [0.25, 0.3) is 0 Å². The Balaban J connectivity index is 1.86. The third-order valence-electron chi connectivity index (χ3n) is 7.09. The lowest BCUT2D eigenvalue weighted by atomic mass is 9.96. The summed E-state index contributed by atoms with van der Waals surface area (Å²) >= 11 is 0. The van der Waals surface area contributed by atoms with E-state index in [2.05, 4.69) is 19.2 Å². The monoisotopic (exact) mass is 501 g/mol. The maximum absolute atomic E-state index is 13.5. The number of nitrogens with one attached hydrogen (secondary N) is 1. The number of hydrogen-bond acceptors (Lipinski definition) is 5. The zero-order valence-electron chi connectivity index (χ0n) is 21.6. The van der Waals surface area contributed by atoms with Crippen molar-refractivity contribution in [1.29, 1.82) is 0 Å². The molecule has 0 radical (unpaired) electrons. The number of fused-ring (bicyclic) bond motifs is 1. The van der Waals surface area contributed by atoms with E-state index in [0.717, 1.165) is 31.2 Å². The first-order chi connectivity index (χ1) is 17.3. The lowest BCUT2D eigenvalue weighted by molar-refractivity contribution is -0.188. The molecule has 1 unspecified atom stereocenters. The van der Waals surface area contributed by atoms with Gasteiger partial charge >= 0.3 is 12.0 Å². The van der Waals surface area contributed by atoms with Crippen LogP contribution in [0.25, 0.3) is 0 Å². The molecule has 0 aromatic heterocycles. The molecule has 0 spiro atoms. The minimum absolute atomic E-state index is 0.0157. The summed E-state index contributed by atoms with van der Waals surface area (Å²) < 4.78 is 0. The first kappa shape index (κ1) is 27.4. The molecule has 0 saturated carbocycles. The van der Waals surface area contributed by atoms with Gasteiger partial charge in [-0.2, -0.15) is 0 Å². The molecule has 36 heavy (non-hydrogen) atoms. The molecule has 2 aliphatic heterocycles. The summed E-state index contributed by atoms with van der Waals surface area (Å²) in [6.45, 7) is 5.21. The summed E-state index contributed by atoms with van der Waals surface area (Å²) in [6.07, 6.45) is 3.12. The van der Waals surface area contributed by atoms with Crippen LogP contribution in [0.15, 0.2) is 30.3 Å². The Bertz CT molecular complexity index is 927. The molecule has 2 N–H and O–H groups in total. The minimum atomic E-state index is -1.02. The van der Waals surface area contributed by atoms with Gasteiger partial charge in [0.05, 0.1) is 13.1 Å². The van der Waals surface area contributed by atoms with Gasteiger partial charge in [-0.25, -0.2) is 14.8 Å². The number of carboxylic acids is 1. The Kier molecular flexibility index (Phi) is 9.69. The molecule has 0 aliphatic carbocycles. The zero-order valence-corrected chi connectivity index (χ0v) is 21.6. The van der Waals surface area contributed by atoms with Crippen LogP contribution in [0, 0.1) is 5.92 Å². The highest BCUT2D eigenvalue weighted by atomic mass is 16.4. The van der Waals surface area contributed by atoms with Gasteiger partial charge in [-0.1, -0.05) is 63.4 Å². The van der Waals surface area contributed by atoms with Crippen molar-refractivity contribution in [3.8, 4) is 0 Å². The fourth-order valence-corrected chi connectivity index (χ4v) is 5.09. The first-order valence-corrected chi connectivity index (χ1v) is 12.9. The highest BCUT2D eigenvalue weighted by molar-refractivity contribution is 5.91. The molecule has 10 nitrogen and oxygen atoms in total. The number of nitrogens with zero attached hydrogens (tertiary/aromatic N) is 4. The van der Waals surface area contributed by atoms with E-state index in [1.54, 1.807) is 17.0 Å². The van der Waals surface area contributed by atoms with E-state index in [0.29, 0.717) is 19.0 Å². The topological polar surface area (TPSA) is 114 Å². The van der Waals surface area contributed by atoms with Crippen LogP contribution in [0.1, 0.15) is 57.9 Å². The van der Waals surface area contributed by atoms with E-state index in [4.69, 9.17) is 0 Å². The Labute approximate surface area is 213 Å². The molecule has 2 heterocycles. The second kappa shape index (κ2) is 12.7. The number of carbonyl (C=O) groups is 4. The number of unbranched alkanes of at least 4 members (excludes halogenated alkanes) is 1. The lowest BCUT2D eigenvalue weighted by Crippen LogP contribution is -2.76. The van der Waals surface area contributed by atoms with Gasteiger partial charge in [0, 0.05) is 26.6 Å². The predicted molar refractivity (Wildman–Crippen MR) is 134 cm³/mol. The highest BCUT2D eigenvalue weighted by Gasteiger charge is 2.50. The first-order valence-electron chi connectivity index (χ1n) is 12.9. The quantitative estimate of drug-likeness (QED) is 0.482. The minimum Gasteiger partial charge on any atom is -0.481 e. The summed E-state index contributed by atoms with van der Waals surface area (Å²) in [5.41, 5.74) is 0.944. The van der Waals surface area contributed by atoms with Crippen LogP contribution >= 0.6 is 0 Å². The van der Waals surface area contributed by atoms with E-state index in [1.165, 1.54) is 9.91 Å². The van der Waals surface area contributed by atoms with Crippen molar-refractivity contribution < 1.29 is 24.3 Å². The normalized spacial score (nSPS) is 21.4. The second-order valence-corrected chi connectivity index (χ2v) is 9.69. The fraction of sp³-hybridized carbons (Fsp3) is 0.615. The number of amides is 4. The molecule has 3 atom stereocenters. The lowest BCUT2D eigenvalue weighted by Gasteiger charge is -2.54. The summed E-state index contributed by atoms with van der Waals surface area (Å²) in [5.74, 6) is -1.23. The van der Waals surface area contributed by atoms with Gasteiger partial charge in [-0.3, -0.25) is 14.4 Å². The summed E-state index contributed by atoms with van der Waals surface area (Å²) in [6, 6.07) is 8.26. The van der Waals surface area contributed by atoms with Crippen molar-refractivity contribution >= 4 is 23.8 Å². The molecule has 3 rings (SSSR count). The molecule has 0 bridgehead atoms. The van der Waals surface area contributed by atoms with Crippen LogP contribution in [0.2, 0.25) is 0 Å². The molecule has 1 aromatic rings. The van der Waals surface area contributed by atoms with Crippen LogP contribution in [0.3, 0.4) is 0 Å². The molecule has 2 saturated heterocycles. The van der Waals surface area contributed by atoms with Crippen molar-refractivity contribution in [2.75, 3.05) is 26.7 Å². The predicted octanol–water partition coefficient (Wildman–Crippen LogP) is 2.51. The molecule has 1 aromatic carbocycles. The average Bonchev–Trinajstić information content (AvgIpc) is 2.85. The number of rotatable bonds is 11. The second-order valence-electron chi connectivity index (χ2n) is 9.69. The maximum Gasteiger partial charge on any atom is 0.334 e. The molecule has 2 fully saturated rings. The Morgan fingerprint density at radius 3 is 2.53 bits per heavy atom. The van der Waals surface area contributed by atoms with Gasteiger partial charge < -0.3 is 20.2 Å². The zero-order chi connectivity index (χ0) is 26.2. The van der Waals surface area contributed by atoms with Crippen LogP contribution in [0.4, 0.5) is 4.79 Å². The van der Waals surface area contributed by atoms with Crippen molar-refractivity contribution in [2.24, 2.45) is 5.92 Å². The summed E-state index contributed by atoms with van der Waals surface area (Å²) in [5, 5.41) is 15.3. The average molecular weight is 502 g/mol. The number of likely N-dealkylation sites (N-methyl/N-ethyl adjacent to an activating group) is 1. The van der Waals surface area contributed by atoms with E-state index in [9.17, 15) is 24.3 Å². The van der Waals surface area contributed by atoms with Gasteiger partial charge in [-0.05, 0) is 24.3 Å². The largest absolute Gasteiger partial charge is 0.481 e. The fourth-order valence-electron chi connectivity index (χ4n) is 5.09. The highest BCUT2D eigenvalue weighted by Crippen LogP contribution is 2.29. The number of carbonyl (C=O) groups excluding carboxylic acids is 3. The molecule has 10 heteroatoms. The third-order valence-corrected chi connectivity index (χ3v) is 7.09.